The molecule has 0 spiro atoms. The fourth-order valence-corrected chi connectivity index (χ4v) is 6.68. The molecule has 246 valence electrons. The van der Waals surface area contributed by atoms with E-state index in [2.05, 4.69) is 54.5 Å². The Hall–Kier alpha value is -4.32. The predicted molar refractivity (Wildman–Crippen MR) is 187 cm³/mol. The Bertz CT molecular complexity index is 1790. The lowest BCUT2D eigenvalue weighted by Crippen LogP contribution is -2.30. The highest BCUT2D eigenvalue weighted by molar-refractivity contribution is 5.82. The number of rotatable bonds is 8. The van der Waals surface area contributed by atoms with Gasteiger partial charge in [0.1, 0.15) is 11.5 Å². The van der Waals surface area contributed by atoms with E-state index in [0.717, 1.165) is 27.8 Å². The number of ether oxygens (including phenoxy) is 2. The van der Waals surface area contributed by atoms with E-state index in [1.165, 1.54) is 14.2 Å². The Balaban J connectivity index is 1.89. The van der Waals surface area contributed by atoms with E-state index in [1.54, 1.807) is 12.1 Å². The Morgan fingerprint density at radius 1 is 0.500 bits per heavy atom. The summed E-state index contributed by atoms with van der Waals surface area (Å²) in [5, 5.41) is 45.3. The van der Waals surface area contributed by atoms with Crippen LogP contribution in [0.15, 0.2) is 48.5 Å². The van der Waals surface area contributed by atoms with Crippen LogP contribution in [-0.2, 0) is 16.2 Å². The summed E-state index contributed by atoms with van der Waals surface area (Å²) in [5.74, 6) is 0.895. The number of methoxy groups -OCH3 is 2. The first kappa shape index (κ1) is 34.6. The first-order valence-corrected chi connectivity index (χ1v) is 15.7. The summed E-state index contributed by atoms with van der Waals surface area (Å²) in [7, 11) is 3.03. The third kappa shape index (κ3) is 6.48. The monoisotopic (exact) mass is 626 g/mol. The van der Waals surface area contributed by atoms with Crippen LogP contribution in [0.25, 0.3) is 22.3 Å². The molecule has 0 aliphatic carbocycles. The molecule has 0 aliphatic rings. The quantitative estimate of drug-likeness (QED) is 0.155. The Morgan fingerprint density at radius 2 is 0.935 bits per heavy atom. The molecule has 46 heavy (non-hydrogen) atoms. The van der Waals surface area contributed by atoms with Gasteiger partial charge in [0.05, 0.1) is 14.2 Å². The highest BCUT2D eigenvalue weighted by Crippen LogP contribution is 2.51. The summed E-state index contributed by atoms with van der Waals surface area (Å²) in [4.78, 5) is 0. The van der Waals surface area contributed by atoms with Crippen molar-refractivity contribution >= 4 is 0 Å². The van der Waals surface area contributed by atoms with E-state index < -0.39 is 10.8 Å². The van der Waals surface area contributed by atoms with Gasteiger partial charge in [-0.15, -0.1) is 0 Å². The minimum Gasteiger partial charge on any atom is -0.507 e. The standard InChI is InChI=1S/C40H50O6/c1-22-13-27(36(43)32(15-22)45-11)29-19-26(17-24(3)34(29)41)39(7,8)21-40(9,10)31-20-25(38(4,5)6)18-30(35(31)42)28-14-23(2)16-33(46-12)37(28)44/h13-20,41-44H,21H2,1-12H3. The van der Waals surface area contributed by atoms with Gasteiger partial charge in [0.25, 0.3) is 0 Å². The summed E-state index contributed by atoms with van der Waals surface area (Å²) in [6.07, 6.45) is 0.635. The van der Waals surface area contributed by atoms with Crippen molar-refractivity contribution in [1.82, 2.24) is 0 Å². The van der Waals surface area contributed by atoms with Gasteiger partial charge >= 0.3 is 0 Å². The molecular formula is C40H50O6. The molecule has 6 heteroatoms. The number of aromatic hydroxyl groups is 4. The van der Waals surface area contributed by atoms with Gasteiger partial charge in [-0.3, -0.25) is 0 Å². The molecule has 0 fully saturated rings. The third-order valence-electron chi connectivity index (χ3n) is 9.13. The third-order valence-corrected chi connectivity index (χ3v) is 9.13. The van der Waals surface area contributed by atoms with E-state index in [0.29, 0.717) is 45.7 Å². The van der Waals surface area contributed by atoms with Gasteiger partial charge in [-0.25, -0.2) is 0 Å². The van der Waals surface area contributed by atoms with Gasteiger partial charge in [-0.1, -0.05) is 60.6 Å². The summed E-state index contributed by atoms with van der Waals surface area (Å²) < 4.78 is 10.9. The molecule has 0 unspecified atom stereocenters. The molecule has 0 heterocycles. The molecule has 0 aliphatic heterocycles. The normalized spacial score (nSPS) is 12.3. The van der Waals surface area contributed by atoms with E-state index in [-0.39, 0.29) is 28.4 Å². The zero-order valence-electron chi connectivity index (χ0n) is 29.4. The van der Waals surface area contributed by atoms with Gasteiger partial charge in [0, 0.05) is 27.8 Å². The molecule has 4 N–H and O–H groups in total. The average molecular weight is 627 g/mol. The minimum absolute atomic E-state index is 0.0123. The lowest BCUT2D eigenvalue weighted by Gasteiger charge is -2.38. The second-order valence-electron chi connectivity index (χ2n) is 15.0. The number of hydrogen-bond donors (Lipinski definition) is 4. The van der Waals surface area contributed by atoms with Crippen molar-refractivity contribution in [2.75, 3.05) is 14.2 Å². The second kappa shape index (κ2) is 12.1. The molecule has 0 aromatic heterocycles. The van der Waals surface area contributed by atoms with E-state index in [4.69, 9.17) is 9.47 Å². The van der Waals surface area contributed by atoms with E-state index >= 15 is 0 Å². The molecular weight excluding hydrogens is 576 g/mol. The van der Waals surface area contributed by atoms with Crippen molar-refractivity contribution in [3.05, 3.63) is 81.9 Å². The molecule has 4 rings (SSSR count). The zero-order valence-corrected chi connectivity index (χ0v) is 29.4. The van der Waals surface area contributed by atoms with Crippen molar-refractivity contribution in [2.45, 2.75) is 91.9 Å². The number of phenolic OH excluding ortho intramolecular Hbond substituents is 4. The highest BCUT2D eigenvalue weighted by atomic mass is 16.5. The Morgan fingerprint density at radius 3 is 1.39 bits per heavy atom. The van der Waals surface area contributed by atoms with Crippen LogP contribution in [0.5, 0.6) is 34.5 Å². The van der Waals surface area contributed by atoms with Crippen LogP contribution in [0.2, 0.25) is 0 Å². The maximum atomic E-state index is 12.0. The topological polar surface area (TPSA) is 99.4 Å². The summed E-state index contributed by atoms with van der Waals surface area (Å²) in [6, 6.07) is 15.2. The zero-order chi connectivity index (χ0) is 34.5. The average Bonchev–Trinajstić information content (AvgIpc) is 2.95. The first-order valence-electron chi connectivity index (χ1n) is 15.7. The summed E-state index contributed by atoms with van der Waals surface area (Å²) in [5.41, 5.74) is 6.21. The van der Waals surface area contributed by atoms with Crippen LogP contribution in [0.3, 0.4) is 0 Å². The van der Waals surface area contributed by atoms with Crippen LogP contribution >= 0.6 is 0 Å². The largest absolute Gasteiger partial charge is 0.507 e. The smallest absolute Gasteiger partial charge is 0.165 e. The molecule has 0 saturated carbocycles. The van der Waals surface area contributed by atoms with Crippen LogP contribution in [-0.4, -0.2) is 34.6 Å². The Labute approximate surface area is 274 Å². The lowest BCUT2D eigenvalue weighted by atomic mass is 9.67. The lowest BCUT2D eigenvalue weighted by molar-refractivity contribution is 0.336. The Kier molecular flexibility index (Phi) is 9.11. The molecule has 4 aromatic rings. The van der Waals surface area contributed by atoms with Crippen molar-refractivity contribution in [3.8, 4) is 56.8 Å². The fraction of sp³-hybridized carbons (Fsp3) is 0.400. The minimum atomic E-state index is -0.534. The van der Waals surface area contributed by atoms with Crippen LogP contribution in [0.1, 0.15) is 88.3 Å². The molecule has 0 bridgehead atoms. The molecule has 6 nitrogen and oxygen atoms in total. The number of benzene rings is 4. The van der Waals surface area contributed by atoms with E-state index in [9.17, 15) is 20.4 Å². The highest BCUT2D eigenvalue weighted by Gasteiger charge is 2.36. The number of phenols is 4. The van der Waals surface area contributed by atoms with E-state index in [1.807, 2.05) is 51.1 Å². The van der Waals surface area contributed by atoms with Gasteiger partial charge < -0.3 is 29.9 Å². The van der Waals surface area contributed by atoms with Crippen molar-refractivity contribution in [1.29, 1.82) is 0 Å². The number of hydrogen-bond acceptors (Lipinski definition) is 6. The SMILES string of the molecule is COc1cc(C)cc(-c2cc(C(C)(C)CC(C)(C)c3cc(C(C)(C)C)cc(-c4cc(C)cc(OC)c4O)c3O)cc(C)c2O)c1O. The molecule has 0 amide bonds. The van der Waals surface area contributed by atoms with Crippen LogP contribution in [0.4, 0.5) is 0 Å². The van der Waals surface area contributed by atoms with Crippen molar-refractivity contribution in [3.63, 3.8) is 0 Å². The fourth-order valence-electron chi connectivity index (χ4n) is 6.68. The number of aryl methyl sites for hydroxylation is 3. The summed E-state index contributed by atoms with van der Waals surface area (Å²) in [6.45, 7) is 20.7. The summed E-state index contributed by atoms with van der Waals surface area (Å²) >= 11 is 0. The molecule has 0 atom stereocenters. The van der Waals surface area contributed by atoms with Gasteiger partial charge in [0.15, 0.2) is 23.0 Å². The van der Waals surface area contributed by atoms with Crippen LogP contribution < -0.4 is 9.47 Å². The van der Waals surface area contributed by atoms with Gasteiger partial charge in [-0.2, -0.15) is 0 Å². The van der Waals surface area contributed by atoms with Crippen molar-refractivity contribution in [2.24, 2.45) is 0 Å². The maximum Gasteiger partial charge on any atom is 0.165 e. The maximum absolute atomic E-state index is 12.0. The molecule has 4 aromatic carbocycles. The molecule has 0 radical (unpaired) electrons. The van der Waals surface area contributed by atoms with Crippen molar-refractivity contribution < 1.29 is 29.9 Å². The first-order chi connectivity index (χ1) is 21.2. The molecule has 0 saturated heterocycles. The van der Waals surface area contributed by atoms with Crippen LogP contribution in [0, 0.1) is 20.8 Å². The predicted octanol–water partition coefficient (Wildman–Crippen LogP) is 9.73. The van der Waals surface area contributed by atoms with Gasteiger partial charge in [0.2, 0.25) is 0 Å². The van der Waals surface area contributed by atoms with Gasteiger partial charge in [-0.05, 0) is 108 Å². The second-order valence-corrected chi connectivity index (χ2v) is 15.0.